The standard InChI is InChI=1S/C10H13FN2O2S/c11-16(14,15)13-8-6-12(7-9-13)10-4-2-1-3-5-10/h1-5H,6-9H2. The highest BCUT2D eigenvalue weighted by atomic mass is 32.3. The molecule has 0 N–H and O–H groups in total. The number of piperazine rings is 1. The first kappa shape index (κ1) is 11.3. The van der Waals surface area contributed by atoms with E-state index in [2.05, 4.69) is 0 Å². The molecule has 0 radical (unpaired) electrons. The van der Waals surface area contributed by atoms with Crippen LogP contribution in [0.1, 0.15) is 0 Å². The fraction of sp³-hybridized carbons (Fsp3) is 0.400. The molecular weight excluding hydrogens is 231 g/mol. The number of rotatable bonds is 2. The monoisotopic (exact) mass is 244 g/mol. The Kier molecular flexibility index (Phi) is 3.11. The van der Waals surface area contributed by atoms with Crippen molar-refractivity contribution in [3.8, 4) is 0 Å². The van der Waals surface area contributed by atoms with Crippen molar-refractivity contribution in [2.24, 2.45) is 0 Å². The number of hydrogen-bond acceptors (Lipinski definition) is 3. The van der Waals surface area contributed by atoms with Crippen LogP contribution in [-0.4, -0.2) is 38.9 Å². The topological polar surface area (TPSA) is 40.6 Å². The smallest absolute Gasteiger partial charge is 0.369 e. The molecule has 1 fully saturated rings. The molecule has 0 spiro atoms. The quantitative estimate of drug-likeness (QED) is 0.729. The van der Waals surface area contributed by atoms with Gasteiger partial charge in [-0.2, -0.15) is 12.7 Å². The predicted molar refractivity (Wildman–Crippen MR) is 60.3 cm³/mol. The first-order valence-corrected chi connectivity index (χ1v) is 6.41. The number of para-hydroxylation sites is 1. The van der Waals surface area contributed by atoms with Crippen molar-refractivity contribution in [2.75, 3.05) is 31.1 Å². The van der Waals surface area contributed by atoms with Gasteiger partial charge in [0.2, 0.25) is 0 Å². The van der Waals surface area contributed by atoms with E-state index in [1.54, 1.807) is 0 Å². The van der Waals surface area contributed by atoms with Crippen molar-refractivity contribution in [1.82, 2.24) is 4.31 Å². The van der Waals surface area contributed by atoms with E-state index in [4.69, 9.17) is 0 Å². The Morgan fingerprint density at radius 2 is 1.56 bits per heavy atom. The molecule has 1 aromatic carbocycles. The fourth-order valence-corrected chi connectivity index (χ4v) is 2.40. The average molecular weight is 244 g/mol. The van der Waals surface area contributed by atoms with Gasteiger partial charge in [0, 0.05) is 31.9 Å². The molecule has 1 saturated heterocycles. The molecule has 88 valence electrons. The lowest BCUT2D eigenvalue weighted by Crippen LogP contribution is -2.47. The maximum Gasteiger partial charge on any atom is 0.374 e. The second kappa shape index (κ2) is 4.39. The van der Waals surface area contributed by atoms with Gasteiger partial charge in [-0.15, -0.1) is 0 Å². The van der Waals surface area contributed by atoms with E-state index < -0.39 is 10.4 Å². The van der Waals surface area contributed by atoms with Gasteiger partial charge in [-0.1, -0.05) is 22.1 Å². The third kappa shape index (κ3) is 2.51. The van der Waals surface area contributed by atoms with Gasteiger partial charge in [0.05, 0.1) is 0 Å². The maximum atomic E-state index is 12.7. The Morgan fingerprint density at radius 3 is 2.06 bits per heavy atom. The van der Waals surface area contributed by atoms with Crippen molar-refractivity contribution < 1.29 is 12.3 Å². The van der Waals surface area contributed by atoms with Crippen LogP contribution >= 0.6 is 0 Å². The zero-order chi connectivity index (χ0) is 11.6. The van der Waals surface area contributed by atoms with Crippen LogP contribution in [-0.2, 0) is 10.4 Å². The first-order valence-electron chi connectivity index (χ1n) is 5.07. The van der Waals surface area contributed by atoms with Gasteiger partial charge < -0.3 is 4.90 Å². The van der Waals surface area contributed by atoms with Crippen LogP contribution < -0.4 is 4.90 Å². The Bertz CT molecular complexity index is 441. The summed E-state index contributed by atoms with van der Waals surface area (Å²) in [7, 11) is -4.52. The molecule has 0 atom stereocenters. The minimum Gasteiger partial charge on any atom is -0.369 e. The molecule has 0 unspecified atom stereocenters. The highest BCUT2D eigenvalue weighted by Crippen LogP contribution is 2.17. The van der Waals surface area contributed by atoms with Crippen LogP contribution in [0.5, 0.6) is 0 Å². The molecule has 1 aliphatic heterocycles. The maximum absolute atomic E-state index is 12.7. The molecule has 1 aromatic rings. The summed E-state index contributed by atoms with van der Waals surface area (Å²) in [6.45, 7) is 1.45. The van der Waals surface area contributed by atoms with E-state index in [0.29, 0.717) is 13.1 Å². The number of anilines is 1. The minimum atomic E-state index is -4.52. The van der Waals surface area contributed by atoms with E-state index >= 15 is 0 Å². The van der Waals surface area contributed by atoms with Gasteiger partial charge in [0.25, 0.3) is 0 Å². The summed E-state index contributed by atoms with van der Waals surface area (Å²) >= 11 is 0. The fourth-order valence-electron chi connectivity index (χ4n) is 1.80. The first-order chi connectivity index (χ1) is 7.57. The second-order valence-electron chi connectivity index (χ2n) is 3.66. The Labute approximate surface area is 94.6 Å². The molecule has 0 saturated carbocycles. The molecule has 16 heavy (non-hydrogen) atoms. The Balaban J connectivity index is 2.01. The predicted octanol–water partition coefficient (Wildman–Crippen LogP) is 1.02. The van der Waals surface area contributed by atoms with Crippen molar-refractivity contribution in [1.29, 1.82) is 0 Å². The lowest BCUT2D eigenvalue weighted by atomic mass is 10.2. The number of halogens is 1. The lowest BCUT2D eigenvalue weighted by molar-refractivity contribution is 0.363. The number of hydrogen-bond donors (Lipinski definition) is 0. The van der Waals surface area contributed by atoms with Crippen molar-refractivity contribution in [3.05, 3.63) is 30.3 Å². The summed E-state index contributed by atoms with van der Waals surface area (Å²) in [6.07, 6.45) is 0. The number of nitrogens with zero attached hydrogens (tertiary/aromatic N) is 2. The lowest BCUT2D eigenvalue weighted by Gasteiger charge is -2.33. The third-order valence-electron chi connectivity index (χ3n) is 2.67. The molecule has 1 aliphatic rings. The highest BCUT2D eigenvalue weighted by Gasteiger charge is 2.26. The van der Waals surface area contributed by atoms with Gasteiger partial charge in [-0.25, -0.2) is 0 Å². The molecule has 4 nitrogen and oxygen atoms in total. The molecule has 1 heterocycles. The van der Waals surface area contributed by atoms with Gasteiger partial charge in [-0.3, -0.25) is 0 Å². The molecule has 0 amide bonds. The summed E-state index contributed by atoms with van der Waals surface area (Å²) in [5.74, 6) is 0. The van der Waals surface area contributed by atoms with Gasteiger partial charge in [-0.05, 0) is 12.1 Å². The van der Waals surface area contributed by atoms with Crippen LogP contribution in [0.2, 0.25) is 0 Å². The summed E-state index contributed by atoms with van der Waals surface area (Å²) in [6, 6.07) is 9.69. The van der Waals surface area contributed by atoms with E-state index in [9.17, 15) is 12.3 Å². The summed E-state index contributed by atoms with van der Waals surface area (Å²) in [4.78, 5) is 2.04. The normalized spacial score (nSPS) is 18.7. The molecule has 0 aliphatic carbocycles. The van der Waals surface area contributed by atoms with Crippen LogP contribution in [0.4, 0.5) is 9.57 Å². The SMILES string of the molecule is O=S(=O)(F)N1CCN(c2ccccc2)CC1. The molecule has 2 rings (SSSR count). The zero-order valence-corrected chi connectivity index (χ0v) is 9.53. The van der Waals surface area contributed by atoms with Crippen molar-refractivity contribution in [2.45, 2.75) is 0 Å². The summed E-state index contributed by atoms with van der Waals surface area (Å²) < 4.78 is 34.9. The molecule has 0 aromatic heterocycles. The van der Waals surface area contributed by atoms with Crippen LogP contribution in [0.3, 0.4) is 0 Å². The Morgan fingerprint density at radius 1 is 1.00 bits per heavy atom. The minimum absolute atomic E-state index is 0.202. The van der Waals surface area contributed by atoms with Crippen LogP contribution in [0.25, 0.3) is 0 Å². The van der Waals surface area contributed by atoms with Crippen molar-refractivity contribution in [3.63, 3.8) is 0 Å². The molecular formula is C10H13FN2O2S. The van der Waals surface area contributed by atoms with Crippen molar-refractivity contribution >= 4 is 16.1 Å². The van der Waals surface area contributed by atoms with Crippen LogP contribution in [0, 0.1) is 0 Å². The molecule has 0 bridgehead atoms. The van der Waals surface area contributed by atoms with Gasteiger partial charge in [0.1, 0.15) is 0 Å². The van der Waals surface area contributed by atoms with E-state index in [1.807, 2.05) is 35.2 Å². The van der Waals surface area contributed by atoms with E-state index in [-0.39, 0.29) is 13.1 Å². The zero-order valence-electron chi connectivity index (χ0n) is 8.71. The highest BCUT2D eigenvalue weighted by molar-refractivity contribution is 7.83. The molecule has 6 heteroatoms. The van der Waals surface area contributed by atoms with E-state index in [1.165, 1.54) is 0 Å². The summed E-state index contributed by atoms with van der Waals surface area (Å²) in [5.41, 5.74) is 1.04. The second-order valence-corrected chi connectivity index (χ2v) is 5.00. The largest absolute Gasteiger partial charge is 0.374 e. The van der Waals surface area contributed by atoms with E-state index in [0.717, 1.165) is 9.99 Å². The van der Waals surface area contributed by atoms with Gasteiger partial charge >= 0.3 is 10.4 Å². The van der Waals surface area contributed by atoms with Gasteiger partial charge in [0.15, 0.2) is 0 Å². The Hall–Kier alpha value is -1.14. The number of benzene rings is 1. The summed E-state index contributed by atoms with van der Waals surface area (Å²) in [5, 5.41) is 0. The third-order valence-corrected chi connectivity index (χ3v) is 3.65. The average Bonchev–Trinajstić information content (AvgIpc) is 2.29. The van der Waals surface area contributed by atoms with Crippen LogP contribution in [0.15, 0.2) is 30.3 Å².